The molecule has 1 fully saturated rings. The van der Waals surface area contributed by atoms with E-state index in [0.29, 0.717) is 0 Å². The van der Waals surface area contributed by atoms with Crippen LogP contribution in [-0.4, -0.2) is 22.6 Å². The summed E-state index contributed by atoms with van der Waals surface area (Å²) in [5.74, 6) is 1.12. The van der Waals surface area contributed by atoms with Gasteiger partial charge in [0.2, 0.25) is 0 Å². The van der Waals surface area contributed by atoms with Crippen LogP contribution in [0.25, 0.3) is 21.9 Å². The van der Waals surface area contributed by atoms with Gasteiger partial charge in [-0.2, -0.15) is 0 Å². The summed E-state index contributed by atoms with van der Waals surface area (Å²) in [6.45, 7) is 3.09. The molecule has 0 bridgehead atoms. The van der Waals surface area contributed by atoms with Crippen molar-refractivity contribution in [1.29, 1.82) is 0 Å². The summed E-state index contributed by atoms with van der Waals surface area (Å²) in [4.78, 5) is 7.56. The molecule has 0 atom stereocenters. The number of para-hydroxylation sites is 1. The van der Waals surface area contributed by atoms with Crippen molar-refractivity contribution < 1.29 is 0 Å². The van der Waals surface area contributed by atoms with E-state index in [4.69, 9.17) is 4.98 Å². The number of rotatable bonds is 3. The molecule has 1 aliphatic heterocycles. The molecule has 0 spiro atoms. The van der Waals surface area contributed by atoms with Gasteiger partial charge in [0.25, 0.3) is 0 Å². The second-order valence-electron chi connectivity index (χ2n) is 7.18. The molecule has 0 amide bonds. The maximum Gasteiger partial charge on any atom is 0.143 e. The second kappa shape index (κ2) is 6.49. The lowest BCUT2D eigenvalue weighted by atomic mass is 10.1. The van der Waals surface area contributed by atoms with Gasteiger partial charge in [0.15, 0.2) is 0 Å². The number of hydrogen-bond donors (Lipinski definition) is 0. The Bertz CT molecular complexity index is 1040. The highest BCUT2D eigenvalue weighted by Gasteiger charge is 2.16. The highest BCUT2D eigenvalue weighted by atomic mass is 15.2. The molecule has 1 saturated heterocycles. The average molecular weight is 341 g/mol. The monoisotopic (exact) mass is 341 g/mol. The van der Waals surface area contributed by atoms with Crippen molar-refractivity contribution >= 4 is 27.8 Å². The molecule has 0 N–H and O–H groups in total. The van der Waals surface area contributed by atoms with Crippen LogP contribution in [0.2, 0.25) is 0 Å². The minimum atomic E-state index is 0.849. The lowest BCUT2D eigenvalue weighted by molar-refractivity contribution is 0.574. The normalized spacial score (nSPS) is 15.0. The predicted molar refractivity (Wildman–Crippen MR) is 109 cm³/mol. The van der Waals surface area contributed by atoms with Crippen molar-refractivity contribution in [2.75, 3.05) is 18.0 Å². The molecule has 3 heterocycles. The first-order valence-corrected chi connectivity index (χ1v) is 9.57. The van der Waals surface area contributed by atoms with Gasteiger partial charge in [-0.15, -0.1) is 0 Å². The van der Waals surface area contributed by atoms with E-state index in [9.17, 15) is 0 Å². The number of nitrogens with zero attached hydrogens (tertiary/aromatic N) is 3. The van der Waals surface area contributed by atoms with Crippen molar-refractivity contribution in [3.63, 3.8) is 0 Å². The summed E-state index contributed by atoms with van der Waals surface area (Å²) in [5, 5.41) is 2.54. The molecule has 2 aromatic heterocycles. The van der Waals surface area contributed by atoms with Gasteiger partial charge in [-0.1, -0.05) is 48.5 Å². The minimum Gasteiger partial charge on any atom is -0.357 e. The molecule has 0 unspecified atom stereocenters. The van der Waals surface area contributed by atoms with Crippen molar-refractivity contribution in [3.8, 4) is 0 Å². The molecule has 0 saturated carbocycles. The second-order valence-corrected chi connectivity index (χ2v) is 7.18. The molecule has 2 aromatic carbocycles. The maximum absolute atomic E-state index is 5.12. The van der Waals surface area contributed by atoms with Gasteiger partial charge in [-0.3, -0.25) is 0 Å². The van der Waals surface area contributed by atoms with E-state index in [1.165, 1.54) is 41.1 Å². The largest absolute Gasteiger partial charge is 0.357 e. The van der Waals surface area contributed by atoms with Crippen LogP contribution in [0.5, 0.6) is 0 Å². The smallest absolute Gasteiger partial charge is 0.143 e. The molecule has 4 aromatic rings. The van der Waals surface area contributed by atoms with Crippen LogP contribution >= 0.6 is 0 Å². The fraction of sp³-hybridized carbons (Fsp3) is 0.261. The number of pyridine rings is 1. The first-order chi connectivity index (χ1) is 12.9. The van der Waals surface area contributed by atoms with Crippen LogP contribution in [0.4, 0.5) is 5.82 Å². The number of hydrogen-bond acceptors (Lipinski definition) is 2. The third-order valence-corrected chi connectivity index (χ3v) is 5.46. The third-order valence-electron chi connectivity index (χ3n) is 5.46. The first-order valence-electron chi connectivity index (χ1n) is 9.57. The summed E-state index contributed by atoms with van der Waals surface area (Å²) in [6, 6.07) is 23.8. The molecular weight excluding hydrogens is 318 g/mol. The molecule has 26 heavy (non-hydrogen) atoms. The van der Waals surface area contributed by atoms with Crippen molar-refractivity contribution in [3.05, 3.63) is 72.3 Å². The number of anilines is 1. The van der Waals surface area contributed by atoms with Gasteiger partial charge in [0.1, 0.15) is 11.5 Å². The van der Waals surface area contributed by atoms with Crippen LogP contribution in [0.15, 0.2) is 66.7 Å². The van der Waals surface area contributed by atoms with Crippen molar-refractivity contribution in [2.24, 2.45) is 0 Å². The van der Waals surface area contributed by atoms with E-state index in [1.54, 1.807) is 0 Å². The lowest BCUT2D eigenvalue weighted by Crippen LogP contribution is -2.30. The zero-order valence-corrected chi connectivity index (χ0v) is 14.9. The average Bonchev–Trinajstić information content (AvgIpc) is 3.03. The SMILES string of the molecule is c1ccc(Cn2c3ccccc3c3ccc(N4CCCCC4)nc32)cc1. The Balaban J connectivity index is 1.68. The molecule has 0 radical (unpaired) electrons. The van der Waals surface area contributed by atoms with E-state index < -0.39 is 0 Å². The molecule has 5 rings (SSSR count). The quantitative estimate of drug-likeness (QED) is 0.509. The molecule has 3 nitrogen and oxygen atoms in total. The highest BCUT2D eigenvalue weighted by Crippen LogP contribution is 2.31. The Kier molecular flexibility index (Phi) is 3.85. The molecule has 3 heteroatoms. The number of benzene rings is 2. The minimum absolute atomic E-state index is 0.849. The molecular formula is C23H23N3. The van der Waals surface area contributed by atoms with E-state index in [2.05, 4.69) is 76.2 Å². The van der Waals surface area contributed by atoms with E-state index in [-0.39, 0.29) is 0 Å². The zero-order valence-electron chi connectivity index (χ0n) is 14.9. The Labute approximate surface area is 153 Å². The Morgan fingerprint density at radius 3 is 2.35 bits per heavy atom. The topological polar surface area (TPSA) is 21.1 Å². The van der Waals surface area contributed by atoms with Gasteiger partial charge in [0.05, 0.1) is 5.52 Å². The third kappa shape index (κ3) is 2.64. The Hall–Kier alpha value is -2.81. The van der Waals surface area contributed by atoms with Gasteiger partial charge < -0.3 is 9.47 Å². The maximum atomic E-state index is 5.12. The number of aromatic nitrogens is 2. The molecule has 0 aliphatic carbocycles. The summed E-state index contributed by atoms with van der Waals surface area (Å²) >= 11 is 0. The van der Waals surface area contributed by atoms with Gasteiger partial charge in [0, 0.05) is 30.4 Å². The van der Waals surface area contributed by atoms with Crippen LogP contribution in [0, 0.1) is 0 Å². The van der Waals surface area contributed by atoms with Gasteiger partial charge in [-0.05, 0) is 43.0 Å². The van der Waals surface area contributed by atoms with Crippen LogP contribution < -0.4 is 4.90 Å². The lowest BCUT2D eigenvalue weighted by Gasteiger charge is -2.27. The fourth-order valence-electron chi connectivity index (χ4n) is 4.13. The Morgan fingerprint density at radius 2 is 1.50 bits per heavy atom. The van der Waals surface area contributed by atoms with Gasteiger partial charge >= 0.3 is 0 Å². The van der Waals surface area contributed by atoms with Crippen LogP contribution in [0.3, 0.4) is 0 Å². The van der Waals surface area contributed by atoms with Crippen LogP contribution in [-0.2, 0) is 6.54 Å². The first kappa shape index (κ1) is 15.4. The standard InChI is InChI=1S/C23H23N3/c1-3-9-18(10-4-1)17-26-21-12-6-5-11-19(21)20-13-14-22(24-23(20)26)25-15-7-2-8-16-25/h1,3-6,9-14H,2,7-8,15-17H2. The summed E-state index contributed by atoms with van der Waals surface area (Å²) in [6.07, 6.45) is 3.88. The summed E-state index contributed by atoms with van der Waals surface area (Å²) in [5.41, 5.74) is 3.66. The molecule has 130 valence electrons. The van der Waals surface area contributed by atoms with E-state index in [1.807, 2.05) is 0 Å². The van der Waals surface area contributed by atoms with Crippen molar-refractivity contribution in [2.45, 2.75) is 25.8 Å². The van der Waals surface area contributed by atoms with Gasteiger partial charge in [-0.25, -0.2) is 4.98 Å². The fourth-order valence-corrected chi connectivity index (χ4v) is 4.13. The summed E-state index contributed by atoms with van der Waals surface area (Å²) in [7, 11) is 0. The zero-order chi connectivity index (χ0) is 17.3. The van der Waals surface area contributed by atoms with Crippen LogP contribution in [0.1, 0.15) is 24.8 Å². The number of piperidine rings is 1. The van der Waals surface area contributed by atoms with E-state index >= 15 is 0 Å². The highest BCUT2D eigenvalue weighted by molar-refractivity contribution is 6.07. The van der Waals surface area contributed by atoms with E-state index in [0.717, 1.165) is 31.1 Å². The number of fused-ring (bicyclic) bond motifs is 3. The predicted octanol–water partition coefficient (Wildman–Crippen LogP) is 5.23. The Morgan fingerprint density at radius 1 is 0.731 bits per heavy atom. The van der Waals surface area contributed by atoms with Crippen molar-refractivity contribution in [1.82, 2.24) is 9.55 Å². The molecule has 1 aliphatic rings. The summed E-state index contributed by atoms with van der Waals surface area (Å²) < 4.78 is 2.37.